The van der Waals surface area contributed by atoms with Crippen LogP contribution >= 0.6 is 23.2 Å². The molecular weight excluding hydrogens is 453 g/mol. The number of fused-ring (bicyclic) bond motifs is 1. The Labute approximate surface area is 193 Å². The second-order valence-corrected chi connectivity index (χ2v) is 7.51. The smallest absolute Gasteiger partial charge is 0.256 e. The maximum absolute atomic E-state index is 12.7. The minimum absolute atomic E-state index is 0.313. The van der Waals surface area contributed by atoms with Crippen molar-refractivity contribution in [2.24, 2.45) is 0 Å². The number of pyridine rings is 1. The summed E-state index contributed by atoms with van der Waals surface area (Å²) in [4.78, 5) is 24.6. The van der Waals surface area contributed by atoms with Crippen molar-refractivity contribution in [3.8, 4) is 5.88 Å². The molecule has 8 nitrogen and oxygen atoms in total. The Hall–Kier alpha value is -3.33. The Balaban J connectivity index is 1.49. The van der Waals surface area contributed by atoms with Gasteiger partial charge in [-0.05, 0) is 36.4 Å². The van der Waals surface area contributed by atoms with Crippen LogP contribution in [0.3, 0.4) is 0 Å². The molecule has 3 N–H and O–H groups in total. The molecule has 0 saturated heterocycles. The van der Waals surface area contributed by atoms with Gasteiger partial charge in [0.25, 0.3) is 5.91 Å². The number of carbonyl (C=O) groups excluding carboxylic acids is 1. The standard InChI is InChI=1S/C22H19Cl2N5O3/c1-31-10-11-32-19-7-3-6-18(27-19)28-21(30)13-8-9-16-17(12-13)26-22(25-16)29-20-14(23)4-2-5-15(20)24/h2-9,12H,10-11H2,1H3,(H2,25,26,29)(H,27,28,30). The van der Waals surface area contributed by atoms with Gasteiger partial charge in [0, 0.05) is 18.7 Å². The minimum atomic E-state index is -0.313. The molecule has 2 aromatic heterocycles. The van der Waals surface area contributed by atoms with Crippen LogP contribution in [0, 0.1) is 0 Å². The average molecular weight is 472 g/mol. The summed E-state index contributed by atoms with van der Waals surface area (Å²) in [6.07, 6.45) is 0. The fraction of sp³-hybridized carbons (Fsp3) is 0.136. The molecule has 4 aromatic rings. The molecule has 2 aromatic carbocycles. The Morgan fingerprint density at radius 2 is 1.81 bits per heavy atom. The number of halogens is 2. The molecule has 0 aliphatic heterocycles. The lowest BCUT2D eigenvalue weighted by atomic mass is 10.2. The molecule has 4 rings (SSSR count). The number of H-pyrrole nitrogens is 1. The van der Waals surface area contributed by atoms with Gasteiger partial charge in [0.1, 0.15) is 12.4 Å². The van der Waals surface area contributed by atoms with Crippen molar-refractivity contribution in [3.05, 3.63) is 70.2 Å². The largest absolute Gasteiger partial charge is 0.475 e. The Morgan fingerprint density at radius 3 is 2.59 bits per heavy atom. The number of amides is 1. The highest BCUT2D eigenvalue weighted by Gasteiger charge is 2.12. The molecule has 164 valence electrons. The first kappa shape index (κ1) is 21.9. The summed E-state index contributed by atoms with van der Waals surface area (Å²) in [7, 11) is 1.59. The Morgan fingerprint density at radius 1 is 1.03 bits per heavy atom. The van der Waals surface area contributed by atoms with Crippen molar-refractivity contribution in [2.75, 3.05) is 31.0 Å². The number of carbonyl (C=O) groups is 1. The van der Waals surface area contributed by atoms with Crippen LogP contribution in [0.1, 0.15) is 10.4 Å². The molecule has 1 amide bonds. The van der Waals surface area contributed by atoms with E-state index in [9.17, 15) is 4.79 Å². The predicted octanol–water partition coefficient (Wildman–Crippen LogP) is 5.29. The zero-order valence-corrected chi connectivity index (χ0v) is 18.5. The van der Waals surface area contributed by atoms with Crippen LogP contribution in [-0.2, 0) is 4.74 Å². The molecular formula is C22H19Cl2N5O3. The molecule has 0 atom stereocenters. The summed E-state index contributed by atoms with van der Waals surface area (Å²) in [5, 5.41) is 6.79. The number of methoxy groups -OCH3 is 1. The summed E-state index contributed by atoms with van der Waals surface area (Å²) in [5.74, 6) is 0.921. The Bertz CT molecular complexity index is 1240. The van der Waals surface area contributed by atoms with Gasteiger partial charge in [0.2, 0.25) is 11.8 Å². The summed E-state index contributed by atoms with van der Waals surface area (Å²) in [6.45, 7) is 0.815. The number of rotatable bonds is 8. The Kier molecular flexibility index (Phi) is 6.75. The van der Waals surface area contributed by atoms with E-state index in [-0.39, 0.29) is 5.91 Å². The van der Waals surface area contributed by atoms with E-state index in [1.54, 1.807) is 61.7 Å². The van der Waals surface area contributed by atoms with Gasteiger partial charge in [0.05, 0.1) is 33.4 Å². The lowest BCUT2D eigenvalue weighted by Gasteiger charge is -2.08. The number of hydrogen-bond acceptors (Lipinski definition) is 6. The zero-order chi connectivity index (χ0) is 22.5. The molecule has 0 bridgehead atoms. The molecule has 0 saturated carbocycles. The van der Waals surface area contributed by atoms with Crippen LogP contribution in [0.5, 0.6) is 5.88 Å². The third kappa shape index (κ3) is 5.11. The number of nitrogens with zero attached hydrogens (tertiary/aromatic N) is 2. The first-order chi connectivity index (χ1) is 15.5. The number of aromatic nitrogens is 3. The van der Waals surface area contributed by atoms with Gasteiger partial charge in [-0.15, -0.1) is 0 Å². The van der Waals surface area contributed by atoms with Gasteiger partial charge in [0.15, 0.2) is 0 Å². The van der Waals surface area contributed by atoms with Gasteiger partial charge in [-0.2, -0.15) is 4.98 Å². The third-order valence-corrected chi connectivity index (χ3v) is 5.08. The number of benzene rings is 2. The van der Waals surface area contributed by atoms with E-state index in [4.69, 9.17) is 32.7 Å². The van der Waals surface area contributed by atoms with E-state index in [2.05, 4.69) is 25.6 Å². The van der Waals surface area contributed by atoms with Crippen molar-refractivity contribution >= 4 is 57.6 Å². The van der Waals surface area contributed by atoms with Crippen molar-refractivity contribution in [3.63, 3.8) is 0 Å². The predicted molar refractivity (Wildman–Crippen MR) is 125 cm³/mol. The molecule has 0 unspecified atom stereocenters. The summed E-state index contributed by atoms with van der Waals surface area (Å²) in [6, 6.07) is 15.5. The van der Waals surface area contributed by atoms with E-state index >= 15 is 0 Å². The summed E-state index contributed by atoms with van der Waals surface area (Å²) in [5.41, 5.74) is 2.34. The van der Waals surface area contributed by atoms with Crippen LogP contribution < -0.4 is 15.4 Å². The normalized spacial score (nSPS) is 10.8. The van der Waals surface area contributed by atoms with Gasteiger partial charge in [-0.3, -0.25) is 4.79 Å². The van der Waals surface area contributed by atoms with Gasteiger partial charge < -0.3 is 25.1 Å². The quantitative estimate of drug-likeness (QED) is 0.302. The molecule has 10 heteroatoms. The van der Waals surface area contributed by atoms with Crippen molar-refractivity contribution in [2.45, 2.75) is 0 Å². The number of para-hydroxylation sites is 1. The van der Waals surface area contributed by atoms with E-state index in [1.165, 1.54) is 0 Å². The summed E-state index contributed by atoms with van der Waals surface area (Å²) >= 11 is 12.4. The van der Waals surface area contributed by atoms with Crippen molar-refractivity contribution in [1.29, 1.82) is 0 Å². The number of ether oxygens (including phenoxy) is 2. The number of aromatic amines is 1. The number of nitrogens with one attached hydrogen (secondary N) is 3. The molecule has 32 heavy (non-hydrogen) atoms. The SMILES string of the molecule is COCCOc1cccc(NC(=O)c2ccc3nc(Nc4c(Cl)cccc4Cl)[nH]c3c2)n1. The van der Waals surface area contributed by atoms with E-state index in [1.807, 2.05) is 0 Å². The lowest BCUT2D eigenvalue weighted by molar-refractivity contribution is 0.102. The van der Waals surface area contributed by atoms with Crippen molar-refractivity contribution < 1.29 is 14.3 Å². The topological polar surface area (TPSA) is 101 Å². The zero-order valence-electron chi connectivity index (χ0n) is 17.0. The second-order valence-electron chi connectivity index (χ2n) is 6.70. The monoisotopic (exact) mass is 471 g/mol. The summed E-state index contributed by atoms with van der Waals surface area (Å²) < 4.78 is 10.4. The van der Waals surface area contributed by atoms with E-state index in [0.29, 0.717) is 63.2 Å². The van der Waals surface area contributed by atoms with E-state index < -0.39 is 0 Å². The molecule has 0 spiro atoms. The highest BCUT2D eigenvalue weighted by atomic mass is 35.5. The number of imidazole rings is 1. The van der Waals surface area contributed by atoms with Gasteiger partial charge in [-0.1, -0.05) is 35.3 Å². The maximum Gasteiger partial charge on any atom is 0.256 e. The minimum Gasteiger partial charge on any atom is -0.475 e. The van der Waals surface area contributed by atoms with Crippen LogP contribution in [0.4, 0.5) is 17.5 Å². The van der Waals surface area contributed by atoms with Crippen LogP contribution in [0.15, 0.2) is 54.6 Å². The fourth-order valence-electron chi connectivity index (χ4n) is 2.93. The van der Waals surface area contributed by atoms with Crippen LogP contribution in [0.2, 0.25) is 10.0 Å². The maximum atomic E-state index is 12.7. The molecule has 0 radical (unpaired) electrons. The first-order valence-corrected chi connectivity index (χ1v) is 10.4. The van der Waals surface area contributed by atoms with Crippen LogP contribution in [0.25, 0.3) is 11.0 Å². The number of anilines is 3. The van der Waals surface area contributed by atoms with Gasteiger partial charge in [-0.25, -0.2) is 4.98 Å². The van der Waals surface area contributed by atoms with Crippen molar-refractivity contribution in [1.82, 2.24) is 15.0 Å². The molecule has 0 aliphatic carbocycles. The highest BCUT2D eigenvalue weighted by Crippen LogP contribution is 2.32. The molecule has 0 aliphatic rings. The average Bonchev–Trinajstić information content (AvgIpc) is 3.18. The van der Waals surface area contributed by atoms with Crippen LogP contribution in [-0.4, -0.2) is 41.2 Å². The highest BCUT2D eigenvalue weighted by molar-refractivity contribution is 6.39. The first-order valence-electron chi connectivity index (χ1n) is 9.64. The van der Waals surface area contributed by atoms with Gasteiger partial charge >= 0.3 is 0 Å². The molecule has 2 heterocycles. The third-order valence-electron chi connectivity index (χ3n) is 4.45. The lowest BCUT2D eigenvalue weighted by Crippen LogP contribution is -2.13. The second kappa shape index (κ2) is 9.86. The van der Waals surface area contributed by atoms with E-state index in [0.717, 1.165) is 0 Å². The number of hydrogen-bond donors (Lipinski definition) is 3. The fourth-order valence-corrected chi connectivity index (χ4v) is 3.42. The molecule has 0 fully saturated rings.